The molecule has 3 fully saturated rings. The van der Waals surface area contributed by atoms with Crippen LogP contribution in [0.5, 0.6) is 0 Å². The van der Waals surface area contributed by atoms with Crippen molar-refractivity contribution in [1.82, 2.24) is 4.90 Å². The fourth-order valence-electron chi connectivity index (χ4n) is 4.33. The van der Waals surface area contributed by atoms with Gasteiger partial charge in [-0.3, -0.25) is 9.59 Å². The summed E-state index contributed by atoms with van der Waals surface area (Å²) in [7, 11) is 0. The Kier molecular flexibility index (Phi) is 3.06. The molecule has 2 bridgehead atoms. The molecule has 4 atom stereocenters. The molecule has 1 amide bonds. The third-order valence-corrected chi connectivity index (χ3v) is 5.66. The lowest BCUT2D eigenvalue weighted by molar-refractivity contribution is -0.147. The quantitative estimate of drug-likeness (QED) is 0.850. The van der Waals surface area contributed by atoms with Crippen molar-refractivity contribution < 1.29 is 14.7 Å². The van der Waals surface area contributed by atoms with E-state index in [1.807, 2.05) is 0 Å². The number of hydrogen-bond donors (Lipinski definition) is 1. The fraction of sp³-hybridized carbons (Fsp3) is 0.867. The Balaban J connectivity index is 1.56. The molecule has 1 heterocycles. The first-order valence-electron chi connectivity index (χ1n) is 7.49. The zero-order chi connectivity index (χ0) is 13.6. The van der Waals surface area contributed by atoms with E-state index in [0.29, 0.717) is 31.8 Å². The summed E-state index contributed by atoms with van der Waals surface area (Å²) in [6.07, 6.45) is 6.44. The molecular formula is C15H23NO3. The number of rotatable bonds is 3. The Morgan fingerprint density at radius 3 is 2.63 bits per heavy atom. The van der Waals surface area contributed by atoms with E-state index in [1.54, 1.807) is 11.8 Å². The van der Waals surface area contributed by atoms with Crippen LogP contribution in [0.15, 0.2) is 0 Å². The number of fused-ring (bicyclic) bond motifs is 2. The van der Waals surface area contributed by atoms with Gasteiger partial charge in [0, 0.05) is 19.5 Å². The van der Waals surface area contributed by atoms with Gasteiger partial charge in [-0.1, -0.05) is 6.42 Å². The molecule has 0 aromatic rings. The van der Waals surface area contributed by atoms with Gasteiger partial charge in [0.15, 0.2) is 0 Å². The number of likely N-dealkylation sites (tertiary alicyclic amines) is 1. The van der Waals surface area contributed by atoms with Gasteiger partial charge in [-0.2, -0.15) is 0 Å². The van der Waals surface area contributed by atoms with E-state index in [9.17, 15) is 14.7 Å². The summed E-state index contributed by atoms with van der Waals surface area (Å²) in [5.41, 5.74) is -0.732. The van der Waals surface area contributed by atoms with E-state index >= 15 is 0 Å². The smallest absolute Gasteiger partial charge is 0.311 e. The highest BCUT2D eigenvalue weighted by Gasteiger charge is 2.44. The Bertz CT molecular complexity index is 408. The van der Waals surface area contributed by atoms with Crippen molar-refractivity contribution >= 4 is 11.9 Å². The maximum atomic E-state index is 12.3. The lowest BCUT2D eigenvalue weighted by Gasteiger charge is -2.25. The van der Waals surface area contributed by atoms with Gasteiger partial charge in [0.05, 0.1) is 5.41 Å². The van der Waals surface area contributed by atoms with Crippen molar-refractivity contribution in [3.05, 3.63) is 0 Å². The Hall–Kier alpha value is -1.06. The number of amides is 1. The molecule has 4 nitrogen and oxygen atoms in total. The molecule has 2 saturated carbocycles. The van der Waals surface area contributed by atoms with Gasteiger partial charge in [-0.05, 0) is 50.4 Å². The monoisotopic (exact) mass is 265 g/mol. The highest BCUT2D eigenvalue weighted by molar-refractivity contribution is 5.80. The molecule has 0 aromatic heterocycles. The molecule has 0 spiro atoms. The molecule has 0 aromatic carbocycles. The molecule has 1 aliphatic heterocycles. The zero-order valence-electron chi connectivity index (χ0n) is 11.6. The summed E-state index contributed by atoms with van der Waals surface area (Å²) < 4.78 is 0. The first kappa shape index (κ1) is 12.9. The van der Waals surface area contributed by atoms with Gasteiger partial charge >= 0.3 is 5.97 Å². The van der Waals surface area contributed by atoms with Crippen molar-refractivity contribution in [3.8, 4) is 0 Å². The van der Waals surface area contributed by atoms with Gasteiger partial charge in [0.2, 0.25) is 5.91 Å². The van der Waals surface area contributed by atoms with Crippen LogP contribution in [0.1, 0.15) is 45.4 Å². The highest BCUT2D eigenvalue weighted by atomic mass is 16.4. The van der Waals surface area contributed by atoms with Gasteiger partial charge in [-0.15, -0.1) is 0 Å². The van der Waals surface area contributed by atoms with Crippen LogP contribution in [0.4, 0.5) is 0 Å². The second kappa shape index (κ2) is 4.50. The fourth-order valence-corrected chi connectivity index (χ4v) is 4.33. The Labute approximate surface area is 114 Å². The van der Waals surface area contributed by atoms with Gasteiger partial charge < -0.3 is 10.0 Å². The van der Waals surface area contributed by atoms with Crippen molar-refractivity contribution in [1.29, 1.82) is 0 Å². The minimum Gasteiger partial charge on any atom is -0.481 e. The number of carbonyl (C=O) groups is 2. The van der Waals surface area contributed by atoms with Gasteiger partial charge in [-0.25, -0.2) is 0 Å². The average Bonchev–Trinajstić information content (AvgIpc) is 3.04. The SMILES string of the molecule is CC1(C(=O)O)CCN(C(=O)CC2CC3CCC2C3)C1. The molecule has 3 rings (SSSR count). The van der Waals surface area contributed by atoms with Crippen LogP contribution < -0.4 is 0 Å². The second-order valence-electron chi connectivity index (χ2n) is 7.07. The van der Waals surface area contributed by atoms with Gasteiger partial charge in [0.1, 0.15) is 0 Å². The molecule has 3 aliphatic rings. The molecule has 1 N–H and O–H groups in total. The van der Waals surface area contributed by atoms with Crippen LogP contribution in [-0.2, 0) is 9.59 Å². The lowest BCUT2D eigenvalue weighted by atomic mass is 9.86. The van der Waals surface area contributed by atoms with Crippen molar-refractivity contribution in [2.24, 2.45) is 23.2 Å². The van der Waals surface area contributed by atoms with Gasteiger partial charge in [0.25, 0.3) is 0 Å². The molecule has 4 unspecified atom stereocenters. The maximum absolute atomic E-state index is 12.3. The molecule has 2 aliphatic carbocycles. The molecule has 0 radical (unpaired) electrons. The lowest BCUT2D eigenvalue weighted by Crippen LogP contribution is -2.36. The zero-order valence-corrected chi connectivity index (χ0v) is 11.6. The number of aliphatic carboxylic acids is 1. The summed E-state index contributed by atoms with van der Waals surface area (Å²) in [4.78, 5) is 25.3. The average molecular weight is 265 g/mol. The summed E-state index contributed by atoms with van der Waals surface area (Å²) >= 11 is 0. The van der Waals surface area contributed by atoms with Crippen molar-refractivity contribution in [2.45, 2.75) is 45.4 Å². The highest BCUT2D eigenvalue weighted by Crippen LogP contribution is 2.49. The summed E-state index contributed by atoms with van der Waals surface area (Å²) in [5.74, 6) is 1.61. The van der Waals surface area contributed by atoms with Crippen LogP contribution in [-0.4, -0.2) is 35.0 Å². The minimum absolute atomic E-state index is 0.183. The predicted molar refractivity (Wildman–Crippen MR) is 70.5 cm³/mol. The second-order valence-corrected chi connectivity index (χ2v) is 7.07. The number of carbonyl (C=O) groups excluding carboxylic acids is 1. The predicted octanol–water partition coefficient (Wildman–Crippen LogP) is 2.14. The third-order valence-electron chi connectivity index (χ3n) is 5.66. The first-order chi connectivity index (χ1) is 8.98. The van der Waals surface area contributed by atoms with Crippen LogP contribution in [0.3, 0.4) is 0 Å². The largest absolute Gasteiger partial charge is 0.481 e. The number of carboxylic acids is 1. The normalized spacial score (nSPS) is 40.9. The number of nitrogens with zero attached hydrogens (tertiary/aromatic N) is 1. The minimum atomic E-state index is -0.775. The van der Waals surface area contributed by atoms with Crippen molar-refractivity contribution in [2.75, 3.05) is 13.1 Å². The van der Waals surface area contributed by atoms with Crippen LogP contribution in [0.2, 0.25) is 0 Å². The molecule has 106 valence electrons. The number of carboxylic acid groups (broad SMARTS) is 1. The van der Waals surface area contributed by atoms with Crippen LogP contribution in [0, 0.1) is 23.2 Å². The molecule has 4 heteroatoms. The van der Waals surface area contributed by atoms with E-state index < -0.39 is 11.4 Å². The van der Waals surface area contributed by atoms with E-state index in [-0.39, 0.29) is 5.91 Å². The third kappa shape index (κ3) is 2.26. The molecule has 1 saturated heterocycles. The van der Waals surface area contributed by atoms with E-state index in [4.69, 9.17) is 0 Å². The standard InChI is InChI=1S/C15H23NO3/c1-15(14(18)19)4-5-16(9-15)13(17)8-12-7-10-2-3-11(12)6-10/h10-12H,2-9H2,1H3,(H,18,19). The van der Waals surface area contributed by atoms with E-state index in [1.165, 1.54) is 25.7 Å². The maximum Gasteiger partial charge on any atom is 0.311 e. The van der Waals surface area contributed by atoms with Crippen molar-refractivity contribution in [3.63, 3.8) is 0 Å². The van der Waals surface area contributed by atoms with Crippen LogP contribution in [0.25, 0.3) is 0 Å². The van der Waals surface area contributed by atoms with E-state index in [0.717, 1.165) is 11.8 Å². The molecule has 19 heavy (non-hydrogen) atoms. The van der Waals surface area contributed by atoms with E-state index in [2.05, 4.69) is 0 Å². The topological polar surface area (TPSA) is 57.6 Å². The summed E-state index contributed by atoms with van der Waals surface area (Å²) in [6.45, 7) is 2.75. The number of hydrogen-bond acceptors (Lipinski definition) is 2. The molecular weight excluding hydrogens is 242 g/mol. The van der Waals surface area contributed by atoms with Crippen LogP contribution >= 0.6 is 0 Å². The first-order valence-corrected chi connectivity index (χ1v) is 7.49. The summed E-state index contributed by atoms with van der Waals surface area (Å²) in [6, 6.07) is 0. The Morgan fingerprint density at radius 1 is 1.32 bits per heavy atom. The Morgan fingerprint density at radius 2 is 2.11 bits per heavy atom. The summed E-state index contributed by atoms with van der Waals surface area (Å²) in [5, 5.41) is 9.20.